The number of aliphatic hydroxyl groups is 1. The van der Waals surface area contributed by atoms with Gasteiger partial charge in [0.05, 0.1) is 12.0 Å². The van der Waals surface area contributed by atoms with Crippen LogP contribution >= 0.6 is 0 Å². The molecule has 0 aromatic heterocycles. The molecular weight excluding hydrogens is 290 g/mol. The lowest BCUT2D eigenvalue weighted by molar-refractivity contribution is -0.162. The van der Waals surface area contributed by atoms with Gasteiger partial charge in [-0.1, -0.05) is 20.8 Å². The van der Waals surface area contributed by atoms with Crippen molar-refractivity contribution in [2.24, 2.45) is 5.92 Å². The number of amides is 1. The minimum atomic E-state index is -2.09. The molecule has 2 bridgehead atoms. The summed E-state index contributed by atoms with van der Waals surface area (Å²) < 4.78 is 11.4. The van der Waals surface area contributed by atoms with E-state index in [2.05, 4.69) is 26.1 Å². The third-order valence-corrected chi connectivity index (χ3v) is 9.83. The molecule has 2 heterocycles. The number of carbonyl (C=O) groups excluding carboxylic acids is 2. The van der Waals surface area contributed by atoms with E-state index in [1.807, 2.05) is 0 Å². The first kappa shape index (κ1) is 16.4. The van der Waals surface area contributed by atoms with E-state index in [0.717, 1.165) is 18.1 Å². The fourth-order valence-electron chi connectivity index (χ4n) is 3.33. The van der Waals surface area contributed by atoms with Gasteiger partial charge in [0.15, 0.2) is 8.32 Å². The Hall–Kier alpha value is -0.923. The van der Waals surface area contributed by atoms with Crippen molar-refractivity contribution in [2.45, 2.75) is 63.6 Å². The summed E-state index contributed by atoms with van der Waals surface area (Å²) >= 11 is 0. The molecular formula is C14H25NO5Si. The number of esters is 1. The summed E-state index contributed by atoms with van der Waals surface area (Å²) in [6.45, 7) is 8.31. The second-order valence-electron chi connectivity index (χ2n) is 6.06. The van der Waals surface area contributed by atoms with Crippen LogP contribution in [-0.2, 0) is 18.8 Å². The molecule has 2 rings (SSSR count). The van der Waals surface area contributed by atoms with Crippen LogP contribution in [0.25, 0.3) is 0 Å². The van der Waals surface area contributed by atoms with Crippen LogP contribution in [0.5, 0.6) is 0 Å². The van der Waals surface area contributed by atoms with E-state index in [1.165, 1.54) is 0 Å². The van der Waals surface area contributed by atoms with Crippen LogP contribution in [0.3, 0.4) is 0 Å². The first-order valence-corrected chi connectivity index (χ1v) is 10.3. The highest BCUT2D eigenvalue weighted by Crippen LogP contribution is 2.39. The Morgan fingerprint density at radius 1 is 1.29 bits per heavy atom. The van der Waals surface area contributed by atoms with Crippen molar-refractivity contribution in [3.8, 4) is 0 Å². The number of piperidine rings is 1. The van der Waals surface area contributed by atoms with E-state index in [4.69, 9.17) is 9.16 Å². The maximum absolute atomic E-state index is 12.0. The highest BCUT2D eigenvalue weighted by molar-refractivity contribution is 6.73. The van der Waals surface area contributed by atoms with Crippen LogP contribution in [0.4, 0.5) is 0 Å². The Morgan fingerprint density at radius 2 is 1.86 bits per heavy atom. The summed E-state index contributed by atoms with van der Waals surface area (Å²) in [5, 5.41) is 13.1. The van der Waals surface area contributed by atoms with Gasteiger partial charge in [0.1, 0.15) is 6.10 Å². The molecule has 4 atom stereocenters. The van der Waals surface area contributed by atoms with Gasteiger partial charge in [0, 0.05) is 6.61 Å². The van der Waals surface area contributed by atoms with Gasteiger partial charge in [-0.2, -0.15) is 0 Å². The summed E-state index contributed by atoms with van der Waals surface area (Å²) in [5.41, 5.74) is -2.09. The number of nitrogens with one attached hydrogen (secondary N) is 1. The molecule has 2 saturated heterocycles. The van der Waals surface area contributed by atoms with Gasteiger partial charge in [0.2, 0.25) is 5.60 Å². The van der Waals surface area contributed by atoms with Gasteiger partial charge in [-0.15, -0.1) is 0 Å². The number of fused-ring (bicyclic) bond motifs is 2. The van der Waals surface area contributed by atoms with Crippen LogP contribution in [0, 0.1) is 5.92 Å². The Kier molecular flexibility index (Phi) is 4.46. The van der Waals surface area contributed by atoms with Crippen LogP contribution < -0.4 is 5.32 Å². The number of rotatable bonds is 6. The van der Waals surface area contributed by atoms with Crippen molar-refractivity contribution >= 4 is 20.2 Å². The number of ether oxygens (including phenoxy) is 1. The maximum Gasteiger partial charge on any atom is 0.349 e. The lowest BCUT2D eigenvalue weighted by Crippen LogP contribution is -2.64. The predicted molar refractivity (Wildman–Crippen MR) is 79.1 cm³/mol. The van der Waals surface area contributed by atoms with Crippen LogP contribution in [0.15, 0.2) is 0 Å². The highest BCUT2D eigenvalue weighted by Gasteiger charge is 2.66. The summed E-state index contributed by atoms with van der Waals surface area (Å²) in [6, 6.07) is 2.63. The van der Waals surface area contributed by atoms with E-state index in [1.54, 1.807) is 6.92 Å². The monoisotopic (exact) mass is 315 g/mol. The Morgan fingerprint density at radius 3 is 2.38 bits per heavy atom. The zero-order chi connectivity index (χ0) is 15.8. The molecule has 2 N–H and O–H groups in total. The quantitative estimate of drug-likeness (QED) is 0.430. The molecule has 0 aliphatic carbocycles. The molecule has 1 amide bonds. The van der Waals surface area contributed by atoms with Gasteiger partial charge >= 0.3 is 5.97 Å². The van der Waals surface area contributed by atoms with Gasteiger partial charge in [0.25, 0.3) is 5.91 Å². The van der Waals surface area contributed by atoms with Crippen molar-refractivity contribution in [1.29, 1.82) is 0 Å². The molecule has 0 radical (unpaired) electrons. The fourth-order valence-corrected chi connectivity index (χ4v) is 5.98. The minimum Gasteiger partial charge on any atom is -0.457 e. The summed E-state index contributed by atoms with van der Waals surface area (Å²) in [4.78, 5) is 23.9. The standard InChI is InChI=1S/C14H25NO5Si/c1-5-21(6-2,7-3)19-8-10-11-9(4)15-12(16)14(10,18)13(17)20-11/h9-11,18H,5-8H2,1-4H3,(H,15,16)/t9-,10-,11-,14+/m0/s1. The topological polar surface area (TPSA) is 84.9 Å². The molecule has 0 spiro atoms. The summed E-state index contributed by atoms with van der Waals surface area (Å²) in [5.74, 6) is -2.14. The highest BCUT2D eigenvalue weighted by atomic mass is 28.4. The molecule has 2 fully saturated rings. The lowest BCUT2D eigenvalue weighted by Gasteiger charge is -2.37. The second-order valence-corrected chi connectivity index (χ2v) is 10.8. The summed E-state index contributed by atoms with van der Waals surface area (Å²) in [6.07, 6.45) is -0.516. The molecule has 21 heavy (non-hydrogen) atoms. The van der Waals surface area contributed by atoms with Crippen LogP contribution in [-0.4, -0.2) is 49.7 Å². The number of carbonyl (C=O) groups is 2. The second kappa shape index (κ2) is 5.70. The van der Waals surface area contributed by atoms with Crippen molar-refractivity contribution in [3.63, 3.8) is 0 Å². The first-order chi connectivity index (χ1) is 9.84. The van der Waals surface area contributed by atoms with Crippen molar-refractivity contribution in [2.75, 3.05) is 6.61 Å². The molecule has 0 aromatic carbocycles. The smallest absolute Gasteiger partial charge is 0.349 e. The molecule has 120 valence electrons. The van der Waals surface area contributed by atoms with Gasteiger partial charge in [-0.05, 0) is 25.1 Å². The van der Waals surface area contributed by atoms with Crippen molar-refractivity contribution < 1.29 is 23.9 Å². The van der Waals surface area contributed by atoms with Crippen LogP contribution in [0.1, 0.15) is 27.7 Å². The third kappa shape index (κ3) is 2.41. The average molecular weight is 315 g/mol. The Labute approximate surface area is 126 Å². The van der Waals surface area contributed by atoms with Gasteiger partial charge < -0.3 is 19.6 Å². The molecule has 2 aliphatic rings. The molecule has 0 aromatic rings. The van der Waals surface area contributed by atoms with E-state index in [9.17, 15) is 14.7 Å². The van der Waals surface area contributed by atoms with E-state index >= 15 is 0 Å². The molecule has 0 unspecified atom stereocenters. The predicted octanol–water partition coefficient (Wildman–Crippen LogP) is 0.799. The molecule has 6 nitrogen and oxygen atoms in total. The van der Waals surface area contributed by atoms with Crippen molar-refractivity contribution in [3.05, 3.63) is 0 Å². The van der Waals surface area contributed by atoms with Crippen molar-refractivity contribution in [1.82, 2.24) is 5.32 Å². The normalized spacial score (nSPS) is 35.6. The maximum atomic E-state index is 12.0. The Bertz CT molecular complexity index is 431. The fraction of sp³-hybridized carbons (Fsp3) is 0.857. The van der Waals surface area contributed by atoms with Gasteiger partial charge in [-0.3, -0.25) is 4.79 Å². The number of hydrogen-bond donors (Lipinski definition) is 2. The number of hydrogen-bond acceptors (Lipinski definition) is 5. The summed E-state index contributed by atoms with van der Waals surface area (Å²) in [7, 11) is -1.84. The largest absolute Gasteiger partial charge is 0.457 e. The molecule has 0 saturated carbocycles. The lowest BCUT2D eigenvalue weighted by atomic mass is 9.80. The molecule has 2 aliphatic heterocycles. The van der Waals surface area contributed by atoms with Gasteiger partial charge in [-0.25, -0.2) is 4.79 Å². The zero-order valence-electron chi connectivity index (χ0n) is 13.1. The average Bonchev–Trinajstić information content (AvgIpc) is 2.69. The van der Waals surface area contributed by atoms with E-state index in [0.29, 0.717) is 0 Å². The SMILES string of the molecule is CC[Si](CC)(CC)OC[C@H]1[C@H]2OC(=O)[C@]1(O)C(=O)N[C@H]2C. The zero-order valence-corrected chi connectivity index (χ0v) is 14.1. The minimum absolute atomic E-state index is 0.201. The first-order valence-electron chi connectivity index (χ1n) is 7.73. The van der Waals surface area contributed by atoms with E-state index in [-0.39, 0.29) is 12.6 Å². The Balaban J connectivity index is 2.19. The molecule has 7 heteroatoms. The third-order valence-electron chi connectivity index (χ3n) is 5.19. The van der Waals surface area contributed by atoms with E-state index < -0.39 is 37.8 Å². The van der Waals surface area contributed by atoms with Crippen LogP contribution in [0.2, 0.25) is 18.1 Å².